The summed E-state index contributed by atoms with van der Waals surface area (Å²) in [5.74, 6) is 0.879. The van der Waals surface area contributed by atoms with Crippen LogP contribution in [0.2, 0.25) is 0 Å². The van der Waals surface area contributed by atoms with Gasteiger partial charge in [-0.15, -0.1) is 12.4 Å². The number of carbonyl (C=O) groups is 1. The minimum Gasteiger partial charge on any atom is -0.352 e. The highest BCUT2D eigenvalue weighted by molar-refractivity contribution is 5.94. The Morgan fingerprint density at radius 2 is 1.94 bits per heavy atom. The summed E-state index contributed by atoms with van der Waals surface area (Å²) in [6, 6.07) is 7.45. The molecule has 2 rings (SSSR count). The number of hydrogen-bond acceptors (Lipinski definition) is 2. The first-order valence-electron chi connectivity index (χ1n) is 5.87. The minimum atomic E-state index is 0. The first kappa shape index (κ1) is 14.0. The molecule has 4 heteroatoms. The molecule has 1 saturated carbocycles. The zero-order valence-electron chi connectivity index (χ0n) is 9.82. The number of halogens is 1. The van der Waals surface area contributed by atoms with Crippen LogP contribution in [0.25, 0.3) is 0 Å². The van der Waals surface area contributed by atoms with Crippen LogP contribution in [0.15, 0.2) is 24.3 Å². The van der Waals surface area contributed by atoms with Gasteiger partial charge in [0, 0.05) is 18.7 Å². The lowest BCUT2D eigenvalue weighted by atomic mass is 10.1. The second-order valence-electron chi connectivity index (χ2n) is 4.39. The molecule has 94 valence electrons. The second kappa shape index (κ2) is 6.62. The van der Waals surface area contributed by atoms with E-state index in [1.165, 1.54) is 12.8 Å². The van der Waals surface area contributed by atoms with Gasteiger partial charge >= 0.3 is 0 Å². The molecule has 0 atom stereocenters. The average molecular weight is 255 g/mol. The molecule has 0 saturated heterocycles. The smallest absolute Gasteiger partial charge is 0.251 e. The maximum absolute atomic E-state index is 11.7. The maximum atomic E-state index is 11.7. The molecule has 1 aromatic carbocycles. The molecule has 3 N–H and O–H groups in total. The van der Waals surface area contributed by atoms with Crippen molar-refractivity contribution in [1.29, 1.82) is 0 Å². The monoisotopic (exact) mass is 254 g/mol. The third kappa shape index (κ3) is 4.36. The molecule has 1 aromatic rings. The fourth-order valence-electron chi connectivity index (χ4n) is 1.69. The standard InChI is InChI=1S/C13H18N2O.ClH/c14-9-11-3-5-12(6-4-11)13(16)15-8-7-10-1-2-10;/h3-6,10H,1-2,7-9,14H2,(H,15,16);1H. The van der Waals surface area contributed by atoms with E-state index in [1.54, 1.807) is 0 Å². The number of amides is 1. The summed E-state index contributed by atoms with van der Waals surface area (Å²) < 4.78 is 0. The van der Waals surface area contributed by atoms with E-state index < -0.39 is 0 Å². The van der Waals surface area contributed by atoms with Crippen LogP contribution in [0, 0.1) is 5.92 Å². The molecule has 1 amide bonds. The van der Waals surface area contributed by atoms with Crippen molar-refractivity contribution in [3.63, 3.8) is 0 Å². The van der Waals surface area contributed by atoms with Gasteiger partial charge in [0.2, 0.25) is 0 Å². The van der Waals surface area contributed by atoms with E-state index in [2.05, 4.69) is 5.32 Å². The van der Waals surface area contributed by atoms with E-state index in [-0.39, 0.29) is 18.3 Å². The normalized spacial score (nSPS) is 13.9. The van der Waals surface area contributed by atoms with Crippen molar-refractivity contribution < 1.29 is 4.79 Å². The van der Waals surface area contributed by atoms with Gasteiger partial charge in [0.1, 0.15) is 0 Å². The van der Waals surface area contributed by atoms with Crippen molar-refractivity contribution in [2.45, 2.75) is 25.8 Å². The zero-order valence-corrected chi connectivity index (χ0v) is 10.6. The summed E-state index contributed by atoms with van der Waals surface area (Å²) in [6.07, 6.45) is 3.79. The van der Waals surface area contributed by atoms with Crippen molar-refractivity contribution in [2.75, 3.05) is 6.54 Å². The Bertz CT molecular complexity index is 360. The Hall–Kier alpha value is -1.06. The van der Waals surface area contributed by atoms with Crippen LogP contribution >= 0.6 is 12.4 Å². The summed E-state index contributed by atoms with van der Waals surface area (Å²) in [6.45, 7) is 1.31. The average Bonchev–Trinajstić information content (AvgIpc) is 3.13. The molecule has 17 heavy (non-hydrogen) atoms. The molecule has 0 heterocycles. The van der Waals surface area contributed by atoms with Gasteiger partial charge in [-0.2, -0.15) is 0 Å². The van der Waals surface area contributed by atoms with Crippen LogP contribution in [-0.4, -0.2) is 12.5 Å². The Kier molecular flexibility index (Phi) is 5.45. The Morgan fingerprint density at radius 3 is 2.47 bits per heavy atom. The highest BCUT2D eigenvalue weighted by atomic mass is 35.5. The molecule has 0 radical (unpaired) electrons. The van der Waals surface area contributed by atoms with Crippen molar-refractivity contribution in [2.24, 2.45) is 11.7 Å². The van der Waals surface area contributed by atoms with Gasteiger partial charge in [0.25, 0.3) is 5.91 Å². The maximum Gasteiger partial charge on any atom is 0.251 e. The molecule has 0 aromatic heterocycles. The zero-order chi connectivity index (χ0) is 11.4. The molecular formula is C13H19ClN2O. The highest BCUT2D eigenvalue weighted by Crippen LogP contribution is 2.31. The van der Waals surface area contributed by atoms with Gasteiger partial charge < -0.3 is 11.1 Å². The van der Waals surface area contributed by atoms with Gasteiger partial charge in [0.05, 0.1) is 0 Å². The first-order valence-corrected chi connectivity index (χ1v) is 5.87. The Balaban J connectivity index is 0.00000144. The first-order chi connectivity index (χ1) is 7.79. The third-order valence-corrected chi connectivity index (χ3v) is 2.99. The van der Waals surface area contributed by atoms with Gasteiger partial charge in [-0.1, -0.05) is 25.0 Å². The summed E-state index contributed by atoms with van der Waals surface area (Å²) in [5, 5.41) is 2.94. The second-order valence-corrected chi connectivity index (χ2v) is 4.39. The lowest BCUT2D eigenvalue weighted by Gasteiger charge is -2.05. The van der Waals surface area contributed by atoms with E-state index in [4.69, 9.17) is 5.73 Å². The van der Waals surface area contributed by atoms with E-state index in [0.29, 0.717) is 12.1 Å². The predicted molar refractivity (Wildman–Crippen MR) is 71.3 cm³/mol. The van der Waals surface area contributed by atoms with Gasteiger partial charge in [-0.05, 0) is 30.0 Å². The lowest BCUT2D eigenvalue weighted by Crippen LogP contribution is -2.24. The highest BCUT2D eigenvalue weighted by Gasteiger charge is 2.20. The van der Waals surface area contributed by atoms with Gasteiger partial charge in [0.15, 0.2) is 0 Å². The van der Waals surface area contributed by atoms with Crippen LogP contribution in [-0.2, 0) is 6.54 Å². The van der Waals surface area contributed by atoms with Crippen LogP contribution in [0.1, 0.15) is 35.2 Å². The van der Waals surface area contributed by atoms with Gasteiger partial charge in [-0.3, -0.25) is 4.79 Å². The van der Waals surface area contributed by atoms with Crippen LogP contribution in [0.3, 0.4) is 0 Å². The largest absolute Gasteiger partial charge is 0.352 e. The molecule has 0 unspecified atom stereocenters. The summed E-state index contributed by atoms with van der Waals surface area (Å²) in [5.41, 5.74) is 7.26. The molecule has 0 aliphatic heterocycles. The number of rotatable bonds is 5. The van der Waals surface area contributed by atoms with Crippen molar-refractivity contribution in [3.05, 3.63) is 35.4 Å². The summed E-state index contributed by atoms with van der Waals surface area (Å²) in [4.78, 5) is 11.7. The summed E-state index contributed by atoms with van der Waals surface area (Å²) >= 11 is 0. The SMILES string of the molecule is Cl.NCc1ccc(C(=O)NCCC2CC2)cc1. The van der Waals surface area contributed by atoms with Crippen LogP contribution in [0.4, 0.5) is 0 Å². The van der Waals surface area contributed by atoms with E-state index in [0.717, 1.165) is 24.4 Å². The number of benzene rings is 1. The Labute approximate surface area is 108 Å². The van der Waals surface area contributed by atoms with Crippen molar-refractivity contribution >= 4 is 18.3 Å². The molecule has 0 spiro atoms. The molecule has 3 nitrogen and oxygen atoms in total. The lowest BCUT2D eigenvalue weighted by molar-refractivity contribution is 0.0952. The molecule has 1 fully saturated rings. The number of nitrogens with two attached hydrogens (primary N) is 1. The summed E-state index contributed by atoms with van der Waals surface area (Å²) in [7, 11) is 0. The number of hydrogen-bond donors (Lipinski definition) is 2. The number of nitrogens with one attached hydrogen (secondary N) is 1. The quantitative estimate of drug-likeness (QED) is 0.846. The van der Waals surface area contributed by atoms with Crippen molar-refractivity contribution in [3.8, 4) is 0 Å². The molecule has 1 aliphatic rings. The van der Waals surface area contributed by atoms with Crippen LogP contribution in [0.5, 0.6) is 0 Å². The molecule has 0 bridgehead atoms. The minimum absolute atomic E-state index is 0. The molecule has 1 aliphatic carbocycles. The van der Waals surface area contributed by atoms with E-state index in [1.807, 2.05) is 24.3 Å². The van der Waals surface area contributed by atoms with Gasteiger partial charge in [-0.25, -0.2) is 0 Å². The third-order valence-electron chi connectivity index (χ3n) is 2.99. The Morgan fingerprint density at radius 1 is 1.29 bits per heavy atom. The fraction of sp³-hybridized carbons (Fsp3) is 0.462. The van der Waals surface area contributed by atoms with E-state index >= 15 is 0 Å². The predicted octanol–water partition coefficient (Wildman–Crippen LogP) is 2.10. The van der Waals surface area contributed by atoms with Crippen LogP contribution < -0.4 is 11.1 Å². The fourth-order valence-corrected chi connectivity index (χ4v) is 1.69. The topological polar surface area (TPSA) is 55.1 Å². The molecular weight excluding hydrogens is 236 g/mol. The van der Waals surface area contributed by atoms with Crippen molar-refractivity contribution in [1.82, 2.24) is 5.32 Å². The van der Waals surface area contributed by atoms with E-state index in [9.17, 15) is 4.79 Å². The number of carbonyl (C=O) groups excluding carboxylic acids is 1.